The van der Waals surface area contributed by atoms with Crippen molar-refractivity contribution in [2.24, 2.45) is 14.1 Å². The van der Waals surface area contributed by atoms with Gasteiger partial charge in [0.15, 0.2) is 11.2 Å². The first-order valence-corrected chi connectivity index (χ1v) is 9.00. The highest BCUT2D eigenvalue weighted by molar-refractivity contribution is 5.83. The highest BCUT2D eigenvalue weighted by Gasteiger charge is 2.19. The van der Waals surface area contributed by atoms with Crippen LogP contribution in [0.2, 0.25) is 0 Å². The summed E-state index contributed by atoms with van der Waals surface area (Å²) in [5, 5.41) is 14.5. The van der Waals surface area contributed by atoms with Gasteiger partial charge in [-0.15, -0.1) is 0 Å². The number of hydrogen-bond acceptors (Lipinski definition) is 5. The van der Waals surface area contributed by atoms with E-state index in [9.17, 15) is 14.7 Å². The van der Waals surface area contributed by atoms with Crippen molar-refractivity contribution in [3.63, 3.8) is 0 Å². The smallest absolute Gasteiger partial charge is 0.332 e. The number of imidazole rings is 1. The van der Waals surface area contributed by atoms with Crippen LogP contribution in [0.15, 0.2) is 52.1 Å². The molecule has 2 aromatic carbocycles. The maximum Gasteiger partial charge on any atom is 0.332 e. The molecule has 144 valence electrons. The molecule has 0 aliphatic rings. The molecule has 0 bridgehead atoms. The number of anilines is 1. The SMILES string of the molecule is Cn1c(=O)c2c(nc(NCCO)n2Cc2ccc3ccccc3c2)n(C)c1=O. The molecule has 28 heavy (non-hydrogen) atoms. The number of fused-ring (bicyclic) bond motifs is 2. The quantitative estimate of drug-likeness (QED) is 0.540. The standard InChI is InChI=1S/C20H21N5O3/c1-23-17-16(18(27)24(2)20(23)28)25(19(22-17)21-9-10-26)12-13-7-8-14-5-3-4-6-15(14)11-13/h3-8,11,26H,9-10,12H2,1-2H3,(H,21,22). The molecule has 0 aliphatic heterocycles. The number of aliphatic hydroxyl groups excluding tert-OH is 1. The zero-order valence-electron chi connectivity index (χ0n) is 15.7. The molecule has 0 unspecified atom stereocenters. The number of hydrogen-bond donors (Lipinski definition) is 2. The van der Waals surface area contributed by atoms with Gasteiger partial charge >= 0.3 is 5.69 Å². The predicted octanol–water partition coefficient (Wildman–Crippen LogP) is 1.04. The number of nitrogens with one attached hydrogen (secondary N) is 1. The van der Waals surface area contributed by atoms with Gasteiger partial charge in [-0.1, -0.05) is 36.4 Å². The summed E-state index contributed by atoms with van der Waals surface area (Å²) in [6.07, 6.45) is 0. The minimum atomic E-state index is -0.429. The van der Waals surface area contributed by atoms with Crippen LogP contribution in [0.5, 0.6) is 0 Å². The Labute approximate surface area is 160 Å². The van der Waals surface area contributed by atoms with Gasteiger partial charge in [-0.2, -0.15) is 4.98 Å². The third kappa shape index (κ3) is 2.87. The predicted molar refractivity (Wildman–Crippen MR) is 109 cm³/mol. The fourth-order valence-electron chi connectivity index (χ4n) is 3.42. The molecule has 0 amide bonds. The van der Waals surface area contributed by atoms with Crippen molar-refractivity contribution in [1.29, 1.82) is 0 Å². The molecular weight excluding hydrogens is 358 g/mol. The number of aryl methyl sites for hydroxylation is 1. The van der Waals surface area contributed by atoms with Gasteiger partial charge in [0, 0.05) is 20.6 Å². The van der Waals surface area contributed by atoms with Gasteiger partial charge in [0.2, 0.25) is 5.95 Å². The van der Waals surface area contributed by atoms with Gasteiger partial charge in [0.05, 0.1) is 13.2 Å². The molecule has 8 nitrogen and oxygen atoms in total. The van der Waals surface area contributed by atoms with Crippen LogP contribution in [0.1, 0.15) is 5.56 Å². The molecule has 0 aliphatic carbocycles. The van der Waals surface area contributed by atoms with E-state index in [0.717, 1.165) is 20.9 Å². The Kier molecular flexibility index (Phi) is 4.48. The topological polar surface area (TPSA) is 94.1 Å². The van der Waals surface area contributed by atoms with Crippen molar-refractivity contribution in [2.75, 3.05) is 18.5 Å². The van der Waals surface area contributed by atoms with Gasteiger partial charge in [0.25, 0.3) is 5.56 Å². The van der Waals surface area contributed by atoms with Crippen LogP contribution in [-0.4, -0.2) is 36.9 Å². The lowest BCUT2D eigenvalue weighted by atomic mass is 10.1. The number of rotatable bonds is 5. The Balaban J connectivity index is 1.92. The average Bonchev–Trinajstić information content (AvgIpc) is 3.07. The van der Waals surface area contributed by atoms with Crippen LogP contribution < -0.4 is 16.6 Å². The van der Waals surface area contributed by atoms with Crippen molar-refractivity contribution < 1.29 is 5.11 Å². The summed E-state index contributed by atoms with van der Waals surface area (Å²) >= 11 is 0. The van der Waals surface area contributed by atoms with Crippen molar-refractivity contribution in [2.45, 2.75) is 6.54 Å². The summed E-state index contributed by atoms with van der Waals surface area (Å²) in [5.74, 6) is 0.440. The monoisotopic (exact) mass is 379 g/mol. The molecule has 0 radical (unpaired) electrons. The number of benzene rings is 2. The van der Waals surface area contributed by atoms with Crippen LogP contribution in [-0.2, 0) is 20.6 Å². The van der Waals surface area contributed by atoms with Gasteiger partial charge in [-0.3, -0.25) is 18.5 Å². The number of nitrogens with zero attached hydrogens (tertiary/aromatic N) is 4. The molecule has 4 aromatic rings. The lowest BCUT2D eigenvalue weighted by molar-refractivity contribution is 0.310. The summed E-state index contributed by atoms with van der Waals surface area (Å²) in [5.41, 5.74) is 0.832. The summed E-state index contributed by atoms with van der Waals surface area (Å²) in [7, 11) is 3.05. The minimum Gasteiger partial charge on any atom is -0.395 e. The van der Waals surface area contributed by atoms with E-state index in [0.29, 0.717) is 23.7 Å². The molecule has 0 saturated carbocycles. The zero-order valence-corrected chi connectivity index (χ0v) is 15.7. The van der Waals surface area contributed by atoms with E-state index < -0.39 is 11.2 Å². The van der Waals surface area contributed by atoms with Crippen molar-refractivity contribution >= 4 is 27.9 Å². The normalized spacial score (nSPS) is 11.4. The summed E-state index contributed by atoms with van der Waals surface area (Å²) in [6, 6.07) is 14.2. The van der Waals surface area contributed by atoms with Crippen molar-refractivity contribution in [3.8, 4) is 0 Å². The Bertz CT molecular complexity index is 1300. The first-order valence-electron chi connectivity index (χ1n) is 9.00. The lowest BCUT2D eigenvalue weighted by Gasteiger charge is -2.11. The second-order valence-corrected chi connectivity index (χ2v) is 6.73. The minimum absolute atomic E-state index is 0.0733. The Morgan fingerprint density at radius 1 is 1.04 bits per heavy atom. The number of aliphatic hydroxyl groups is 1. The third-order valence-electron chi connectivity index (χ3n) is 4.90. The molecule has 0 fully saturated rings. The summed E-state index contributed by atoms with van der Waals surface area (Å²) in [4.78, 5) is 29.5. The molecule has 2 aromatic heterocycles. The molecule has 8 heteroatoms. The van der Waals surface area contributed by atoms with E-state index >= 15 is 0 Å². The van der Waals surface area contributed by atoms with Crippen molar-refractivity contribution in [1.82, 2.24) is 18.7 Å². The summed E-state index contributed by atoms with van der Waals surface area (Å²) < 4.78 is 4.20. The van der Waals surface area contributed by atoms with Gasteiger partial charge in [-0.05, 0) is 22.4 Å². The molecule has 2 heterocycles. The Morgan fingerprint density at radius 3 is 2.54 bits per heavy atom. The van der Waals surface area contributed by atoms with E-state index in [2.05, 4.69) is 16.4 Å². The highest BCUT2D eigenvalue weighted by atomic mass is 16.3. The van der Waals surface area contributed by atoms with E-state index in [4.69, 9.17) is 0 Å². The lowest BCUT2D eigenvalue weighted by Crippen LogP contribution is -2.37. The fourth-order valence-corrected chi connectivity index (χ4v) is 3.42. The van der Waals surface area contributed by atoms with Gasteiger partial charge in [0.1, 0.15) is 0 Å². The van der Waals surface area contributed by atoms with Crippen LogP contribution in [0.3, 0.4) is 0 Å². The second-order valence-electron chi connectivity index (χ2n) is 6.73. The Hall–Kier alpha value is -3.39. The van der Waals surface area contributed by atoms with Crippen molar-refractivity contribution in [3.05, 3.63) is 68.9 Å². The van der Waals surface area contributed by atoms with Crippen LogP contribution >= 0.6 is 0 Å². The zero-order chi connectivity index (χ0) is 19.8. The molecule has 0 spiro atoms. The molecular formula is C20H21N5O3. The summed E-state index contributed by atoms with van der Waals surface area (Å²) in [6.45, 7) is 0.619. The largest absolute Gasteiger partial charge is 0.395 e. The highest BCUT2D eigenvalue weighted by Crippen LogP contribution is 2.21. The molecule has 4 rings (SSSR count). The van der Waals surface area contributed by atoms with E-state index in [-0.39, 0.29) is 13.2 Å². The van der Waals surface area contributed by atoms with Gasteiger partial charge < -0.3 is 10.4 Å². The average molecular weight is 379 g/mol. The molecule has 2 N–H and O–H groups in total. The first-order chi connectivity index (χ1) is 13.5. The van der Waals surface area contributed by atoms with Gasteiger partial charge in [-0.25, -0.2) is 4.79 Å². The maximum absolute atomic E-state index is 12.8. The van der Waals surface area contributed by atoms with E-state index in [1.807, 2.05) is 36.4 Å². The third-order valence-corrected chi connectivity index (χ3v) is 4.90. The fraction of sp³-hybridized carbons (Fsp3) is 0.250. The first kappa shape index (κ1) is 18.0. The maximum atomic E-state index is 12.8. The molecule has 0 saturated heterocycles. The molecule has 0 atom stereocenters. The number of aromatic nitrogens is 4. The van der Waals surface area contributed by atoms with E-state index in [1.165, 1.54) is 11.6 Å². The van der Waals surface area contributed by atoms with Crippen LogP contribution in [0.25, 0.3) is 21.9 Å². The van der Waals surface area contributed by atoms with Crippen LogP contribution in [0, 0.1) is 0 Å². The Morgan fingerprint density at radius 2 is 1.79 bits per heavy atom. The second kappa shape index (κ2) is 6.97. The van der Waals surface area contributed by atoms with Crippen LogP contribution in [0.4, 0.5) is 5.95 Å². The van der Waals surface area contributed by atoms with E-state index in [1.54, 1.807) is 11.6 Å².